The highest BCUT2D eigenvalue weighted by molar-refractivity contribution is 5.89. The lowest BCUT2D eigenvalue weighted by Gasteiger charge is -2.23. The molecule has 1 aromatic heterocycles. The molecule has 28 heavy (non-hydrogen) atoms. The van der Waals surface area contributed by atoms with E-state index < -0.39 is 35.9 Å². The van der Waals surface area contributed by atoms with Crippen molar-refractivity contribution in [3.8, 4) is 5.75 Å². The van der Waals surface area contributed by atoms with Crippen LogP contribution in [0.5, 0.6) is 5.75 Å². The maximum Gasteiger partial charge on any atom is 0.416 e. The molecule has 3 rings (SSSR count). The van der Waals surface area contributed by atoms with Gasteiger partial charge < -0.3 is 19.9 Å². The van der Waals surface area contributed by atoms with Gasteiger partial charge in [-0.05, 0) is 31.5 Å². The number of ether oxygens (including phenoxy) is 2. The van der Waals surface area contributed by atoms with Crippen LogP contribution in [-0.2, 0) is 4.74 Å². The first kappa shape index (κ1) is 19.7. The molecule has 0 radical (unpaired) electrons. The number of benzene rings is 1. The SMILES string of the molecule is COc1ccc([C@H](C)Nc2ncc(F)c(N3C(=O)OC[C@@H]3[C@@H](C)O)n2)cc1F. The molecule has 1 aliphatic rings. The molecule has 150 valence electrons. The highest BCUT2D eigenvalue weighted by Gasteiger charge is 2.39. The summed E-state index contributed by atoms with van der Waals surface area (Å²) in [6.45, 7) is 3.14. The third-order valence-electron chi connectivity index (χ3n) is 4.44. The van der Waals surface area contributed by atoms with Gasteiger partial charge in [0.15, 0.2) is 23.2 Å². The second-order valence-corrected chi connectivity index (χ2v) is 6.38. The largest absolute Gasteiger partial charge is 0.494 e. The van der Waals surface area contributed by atoms with Crippen LogP contribution in [0.25, 0.3) is 0 Å². The molecule has 2 heterocycles. The highest BCUT2D eigenvalue weighted by atomic mass is 19.1. The van der Waals surface area contributed by atoms with Crippen molar-refractivity contribution >= 4 is 17.9 Å². The predicted octanol–water partition coefficient (Wildman–Crippen LogP) is 2.64. The normalized spacial score (nSPS) is 18.6. The molecule has 8 nitrogen and oxygen atoms in total. The molecular formula is C18H20F2N4O4. The van der Waals surface area contributed by atoms with Gasteiger partial charge >= 0.3 is 6.09 Å². The first-order valence-corrected chi connectivity index (χ1v) is 8.58. The fourth-order valence-electron chi connectivity index (χ4n) is 2.86. The van der Waals surface area contributed by atoms with Gasteiger partial charge in [0.05, 0.1) is 25.5 Å². The van der Waals surface area contributed by atoms with Crippen LogP contribution in [0.2, 0.25) is 0 Å². The molecule has 2 aromatic rings. The van der Waals surface area contributed by atoms with E-state index in [0.717, 1.165) is 11.1 Å². The van der Waals surface area contributed by atoms with Gasteiger partial charge in [-0.15, -0.1) is 0 Å². The van der Waals surface area contributed by atoms with Crippen LogP contribution in [0.4, 0.5) is 25.3 Å². The topological polar surface area (TPSA) is 96.8 Å². The van der Waals surface area contributed by atoms with Gasteiger partial charge in [-0.3, -0.25) is 0 Å². The van der Waals surface area contributed by atoms with Crippen molar-refractivity contribution in [2.45, 2.75) is 32.0 Å². The van der Waals surface area contributed by atoms with Gasteiger partial charge in [0, 0.05) is 0 Å². The van der Waals surface area contributed by atoms with E-state index in [9.17, 15) is 18.7 Å². The number of carbonyl (C=O) groups excluding carboxylic acids is 1. The number of methoxy groups -OCH3 is 1. The average molecular weight is 394 g/mol. The molecule has 3 atom stereocenters. The predicted molar refractivity (Wildman–Crippen MR) is 96.3 cm³/mol. The molecule has 1 saturated heterocycles. The Balaban J connectivity index is 1.85. The first-order valence-electron chi connectivity index (χ1n) is 8.58. The number of nitrogens with one attached hydrogen (secondary N) is 1. The van der Waals surface area contributed by atoms with Crippen LogP contribution >= 0.6 is 0 Å². The summed E-state index contributed by atoms with van der Waals surface area (Å²) in [7, 11) is 1.37. The van der Waals surface area contributed by atoms with Crippen molar-refractivity contribution in [2.24, 2.45) is 0 Å². The number of hydrogen-bond donors (Lipinski definition) is 2. The Bertz CT molecular complexity index is 881. The molecule has 0 aliphatic carbocycles. The van der Waals surface area contributed by atoms with Gasteiger partial charge in [0.2, 0.25) is 5.95 Å². The molecule has 1 aromatic carbocycles. The maximum absolute atomic E-state index is 14.3. The fraction of sp³-hybridized carbons (Fsp3) is 0.389. The zero-order valence-corrected chi connectivity index (χ0v) is 15.5. The lowest BCUT2D eigenvalue weighted by Crippen LogP contribution is -2.42. The number of aromatic nitrogens is 2. The zero-order valence-electron chi connectivity index (χ0n) is 15.5. The second kappa shape index (κ2) is 7.93. The number of cyclic esters (lactones) is 1. The molecule has 0 unspecified atom stereocenters. The van der Waals surface area contributed by atoms with Crippen LogP contribution < -0.4 is 15.0 Å². The summed E-state index contributed by atoms with van der Waals surface area (Å²) in [6.07, 6.45) is -0.838. The lowest BCUT2D eigenvalue weighted by atomic mass is 10.1. The number of anilines is 2. The second-order valence-electron chi connectivity index (χ2n) is 6.38. The molecule has 0 spiro atoms. The van der Waals surface area contributed by atoms with Crippen molar-refractivity contribution in [3.63, 3.8) is 0 Å². The van der Waals surface area contributed by atoms with Crippen molar-refractivity contribution < 1.29 is 28.2 Å². The van der Waals surface area contributed by atoms with E-state index >= 15 is 0 Å². The molecule has 2 N–H and O–H groups in total. The Morgan fingerprint density at radius 2 is 2.11 bits per heavy atom. The third-order valence-corrected chi connectivity index (χ3v) is 4.44. The fourth-order valence-corrected chi connectivity index (χ4v) is 2.86. The summed E-state index contributed by atoms with van der Waals surface area (Å²) in [5.74, 6) is -1.51. The molecule has 0 bridgehead atoms. The monoisotopic (exact) mass is 394 g/mol. The van der Waals surface area contributed by atoms with Crippen molar-refractivity contribution in [1.82, 2.24) is 9.97 Å². The molecule has 10 heteroatoms. The smallest absolute Gasteiger partial charge is 0.416 e. The summed E-state index contributed by atoms with van der Waals surface area (Å²) in [5.41, 5.74) is 0.593. The third kappa shape index (κ3) is 3.81. The Labute approximate surface area is 160 Å². The summed E-state index contributed by atoms with van der Waals surface area (Å²) in [4.78, 5) is 20.9. The summed E-state index contributed by atoms with van der Waals surface area (Å²) in [5, 5.41) is 12.8. The number of hydrogen-bond acceptors (Lipinski definition) is 7. The van der Waals surface area contributed by atoms with E-state index in [1.54, 1.807) is 13.0 Å². The summed E-state index contributed by atoms with van der Waals surface area (Å²) < 4.78 is 38.0. The van der Waals surface area contributed by atoms with Gasteiger partial charge in [-0.25, -0.2) is 23.5 Å². The Kier molecular flexibility index (Phi) is 5.59. The number of carbonyl (C=O) groups is 1. The van der Waals surface area contributed by atoms with E-state index in [0.29, 0.717) is 5.56 Å². The Morgan fingerprint density at radius 1 is 1.36 bits per heavy atom. The summed E-state index contributed by atoms with van der Waals surface area (Å²) >= 11 is 0. The Hall–Kier alpha value is -3.01. The van der Waals surface area contributed by atoms with Crippen LogP contribution in [0.15, 0.2) is 24.4 Å². The van der Waals surface area contributed by atoms with Gasteiger partial charge in [0.25, 0.3) is 0 Å². The van der Waals surface area contributed by atoms with E-state index in [2.05, 4.69) is 15.3 Å². The number of rotatable bonds is 6. The number of aliphatic hydroxyl groups is 1. The zero-order chi connectivity index (χ0) is 20.4. The van der Waals surface area contributed by atoms with Crippen LogP contribution in [0.3, 0.4) is 0 Å². The van der Waals surface area contributed by atoms with Crippen LogP contribution in [-0.4, -0.2) is 47.0 Å². The molecule has 1 aliphatic heterocycles. The van der Waals surface area contributed by atoms with E-state index in [4.69, 9.17) is 9.47 Å². The molecular weight excluding hydrogens is 374 g/mol. The molecule has 1 amide bonds. The van der Waals surface area contributed by atoms with Gasteiger partial charge in [0.1, 0.15) is 12.6 Å². The first-order chi connectivity index (χ1) is 13.3. The number of halogens is 2. The number of nitrogens with zero attached hydrogens (tertiary/aromatic N) is 3. The summed E-state index contributed by atoms with van der Waals surface area (Å²) in [6, 6.07) is 3.29. The lowest BCUT2D eigenvalue weighted by molar-refractivity contribution is 0.142. The molecule has 0 saturated carbocycles. The van der Waals surface area contributed by atoms with Crippen molar-refractivity contribution in [1.29, 1.82) is 0 Å². The quantitative estimate of drug-likeness (QED) is 0.777. The van der Waals surface area contributed by atoms with E-state index in [1.807, 2.05) is 0 Å². The van der Waals surface area contributed by atoms with E-state index in [-0.39, 0.29) is 24.1 Å². The molecule has 1 fully saturated rings. The van der Waals surface area contributed by atoms with Gasteiger partial charge in [-0.1, -0.05) is 6.07 Å². The maximum atomic E-state index is 14.3. The van der Waals surface area contributed by atoms with Crippen LogP contribution in [0, 0.1) is 11.6 Å². The minimum Gasteiger partial charge on any atom is -0.494 e. The minimum atomic E-state index is -0.946. The Morgan fingerprint density at radius 3 is 2.75 bits per heavy atom. The number of aliphatic hydroxyl groups excluding tert-OH is 1. The number of amides is 1. The van der Waals surface area contributed by atoms with Crippen molar-refractivity contribution in [3.05, 3.63) is 41.6 Å². The van der Waals surface area contributed by atoms with Gasteiger partial charge in [-0.2, -0.15) is 4.98 Å². The van der Waals surface area contributed by atoms with Crippen LogP contribution in [0.1, 0.15) is 25.5 Å². The standard InChI is InChI=1S/C18H20F2N4O4/c1-9(11-4-5-15(27-3)12(19)6-11)22-17-21-7-13(20)16(23-17)24-14(10(2)25)8-28-18(24)26/h4-7,9-10,14,25H,8H2,1-3H3,(H,21,22,23)/t9-,10+,14+/m0/s1. The average Bonchev–Trinajstić information content (AvgIpc) is 3.04. The minimum absolute atomic E-state index is 0.0316. The van der Waals surface area contributed by atoms with Crippen molar-refractivity contribution in [2.75, 3.05) is 23.9 Å². The van der Waals surface area contributed by atoms with E-state index in [1.165, 1.54) is 26.2 Å². The highest BCUT2D eigenvalue weighted by Crippen LogP contribution is 2.28.